The molecule has 4 atom stereocenters. The molecular formula is C18H28ClN6O7P. The first-order valence-electron chi connectivity index (χ1n) is 10.7. The normalized spacial score (nSPS) is 26.2. The predicted octanol–water partition coefficient (Wildman–Crippen LogP) is 1.43. The number of methoxy groups -OCH3 is 1. The summed E-state index contributed by atoms with van der Waals surface area (Å²) in [6, 6.07) is 0.283. The SMILES string of the molecule is COCC(C)(OC[C@H]1O[C@@H](n2nnc3c(NC4CCCC4)nc(Cl)nc32)C[C@@H]1O)P(=O)(O)O. The third-order valence-electron chi connectivity index (χ3n) is 6.06. The third-order valence-corrected chi connectivity index (χ3v) is 7.72. The number of aliphatic hydroxyl groups excluding tert-OH is 1. The van der Waals surface area contributed by atoms with Gasteiger partial charge in [0.05, 0.1) is 19.3 Å². The lowest BCUT2D eigenvalue weighted by Crippen LogP contribution is -2.38. The molecule has 1 aliphatic heterocycles. The Balaban J connectivity index is 1.50. The highest BCUT2D eigenvalue weighted by Gasteiger charge is 2.46. The lowest BCUT2D eigenvalue weighted by molar-refractivity contribution is -0.107. The van der Waals surface area contributed by atoms with Gasteiger partial charge in [0.1, 0.15) is 6.10 Å². The van der Waals surface area contributed by atoms with Crippen molar-refractivity contribution in [3.8, 4) is 0 Å². The third kappa shape index (κ3) is 5.15. The highest BCUT2D eigenvalue weighted by Crippen LogP contribution is 2.51. The summed E-state index contributed by atoms with van der Waals surface area (Å²) < 4.78 is 29.5. The van der Waals surface area contributed by atoms with Gasteiger partial charge in [-0.1, -0.05) is 18.1 Å². The van der Waals surface area contributed by atoms with Crippen molar-refractivity contribution < 1.29 is 33.7 Å². The van der Waals surface area contributed by atoms with Crippen molar-refractivity contribution in [1.82, 2.24) is 25.0 Å². The molecule has 3 heterocycles. The van der Waals surface area contributed by atoms with Crippen LogP contribution in [0.25, 0.3) is 11.2 Å². The number of hydrogen-bond donors (Lipinski definition) is 4. The van der Waals surface area contributed by atoms with Gasteiger partial charge in [0.15, 0.2) is 28.6 Å². The predicted molar refractivity (Wildman–Crippen MR) is 117 cm³/mol. The molecule has 1 saturated heterocycles. The Hall–Kier alpha value is -1.44. The van der Waals surface area contributed by atoms with E-state index in [9.17, 15) is 19.5 Å². The minimum absolute atomic E-state index is 0.0296. The van der Waals surface area contributed by atoms with Crippen LogP contribution in [0.3, 0.4) is 0 Å². The number of halogens is 1. The van der Waals surface area contributed by atoms with E-state index in [1.54, 1.807) is 0 Å². The molecule has 0 radical (unpaired) electrons. The summed E-state index contributed by atoms with van der Waals surface area (Å²) in [6.07, 6.45) is 1.96. The zero-order valence-corrected chi connectivity index (χ0v) is 19.9. The Morgan fingerprint density at radius 1 is 1.33 bits per heavy atom. The average Bonchev–Trinajstić information content (AvgIpc) is 3.46. The topological polar surface area (TPSA) is 174 Å². The molecule has 0 amide bonds. The zero-order chi connectivity index (χ0) is 23.8. The van der Waals surface area contributed by atoms with E-state index in [0.717, 1.165) is 25.7 Å². The molecule has 33 heavy (non-hydrogen) atoms. The number of ether oxygens (including phenoxy) is 3. The van der Waals surface area contributed by atoms with Crippen molar-refractivity contribution in [3.63, 3.8) is 0 Å². The van der Waals surface area contributed by atoms with Gasteiger partial charge in [-0.15, -0.1) is 5.10 Å². The highest BCUT2D eigenvalue weighted by molar-refractivity contribution is 7.53. The molecule has 184 valence electrons. The fourth-order valence-electron chi connectivity index (χ4n) is 4.12. The first-order chi connectivity index (χ1) is 15.6. The summed E-state index contributed by atoms with van der Waals surface area (Å²) in [5.41, 5.74) is 0.798. The van der Waals surface area contributed by atoms with Crippen LogP contribution in [0.4, 0.5) is 5.82 Å². The van der Waals surface area contributed by atoms with Crippen molar-refractivity contribution in [2.24, 2.45) is 0 Å². The second-order valence-electron chi connectivity index (χ2n) is 8.57. The fourth-order valence-corrected chi connectivity index (χ4v) is 4.82. The first kappa shape index (κ1) is 24.7. The maximum atomic E-state index is 11.8. The zero-order valence-electron chi connectivity index (χ0n) is 18.3. The van der Waals surface area contributed by atoms with Crippen LogP contribution in [0.1, 0.15) is 45.3 Å². The molecule has 0 aromatic carbocycles. The summed E-state index contributed by atoms with van der Waals surface area (Å²) in [4.78, 5) is 27.8. The molecule has 1 aliphatic carbocycles. The first-order valence-corrected chi connectivity index (χ1v) is 12.7. The number of rotatable bonds is 9. The molecule has 2 aliphatic rings. The van der Waals surface area contributed by atoms with Crippen LogP contribution >= 0.6 is 19.2 Å². The largest absolute Gasteiger partial charge is 0.390 e. The Bertz CT molecular complexity index is 1030. The number of fused-ring (bicyclic) bond motifs is 1. The molecule has 0 spiro atoms. The molecule has 15 heteroatoms. The van der Waals surface area contributed by atoms with Gasteiger partial charge < -0.3 is 34.4 Å². The second kappa shape index (κ2) is 9.67. The van der Waals surface area contributed by atoms with E-state index in [0.29, 0.717) is 17.0 Å². The van der Waals surface area contributed by atoms with Gasteiger partial charge in [0.25, 0.3) is 0 Å². The highest BCUT2D eigenvalue weighted by atomic mass is 35.5. The van der Waals surface area contributed by atoms with Gasteiger partial charge in [-0.05, 0) is 31.4 Å². The Labute approximate surface area is 194 Å². The van der Waals surface area contributed by atoms with Crippen LogP contribution in [0.15, 0.2) is 0 Å². The van der Waals surface area contributed by atoms with Crippen LogP contribution in [0, 0.1) is 0 Å². The molecule has 2 aromatic heterocycles. The van der Waals surface area contributed by atoms with Gasteiger partial charge in [0.2, 0.25) is 5.28 Å². The van der Waals surface area contributed by atoms with E-state index < -0.39 is 31.4 Å². The van der Waals surface area contributed by atoms with Gasteiger partial charge in [-0.2, -0.15) is 14.6 Å². The Kier molecular flexibility index (Phi) is 7.23. The number of anilines is 1. The van der Waals surface area contributed by atoms with Crippen LogP contribution in [-0.4, -0.2) is 83.8 Å². The number of hydrogen-bond acceptors (Lipinski definition) is 10. The van der Waals surface area contributed by atoms with Crippen LogP contribution < -0.4 is 5.32 Å². The second-order valence-corrected chi connectivity index (χ2v) is 10.9. The molecular weight excluding hydrogens is 479 g/mol. The average molecular weight is 507 g/mol. The molecule has 0 bridgehead atoms. The molecule has 4 rings (SSSR count). The summed E-state index contributed by atoms with van der Waals surface area (Å²) >= 11 is 6.15. The summed E-state index contributed by atoms with van der Waals surface area (Å²) in [6.45, 7) is 0.654. The van der Waals surface area contributed by atoms with Crippen molar-refractivity contribution in [2.45, 2.75) is 68.8 Å². The van der Waals surface area contributed by atoms with Crippen LogP contribution in [0.2, 0.25) is 5.28 Å². The van der Waals surface area contributed by atoms with Gasteiger partial charge in [0, 0.05) is 19.6 Å². The Morgan fingerprint density at radius 3 is 2.73 bits per heavy atom. The van der Waals surface area contributed by atoms with Crippen molar-refractivity contribution >= 4 is 36.2 Å². The lowest BCUT2D eigenvalue weighted by atomic mass is 10.2. The van der Waals surface area contributed by atoms with Crippen molar-refractivity contribution in [1.29, 1.82) is 0 Å². The van der Waals surface area contributed by atoms with Gasteiger partial charge in [-0.25, -0.2) is 0 Å². The number of nitrogens with zero attached hydrogens (tertiary/aromatic N) is 5. The van der Waals surface area contributed by atoms with E-state index in [-0.39, 0.29) is 31.0 Å². The number of aromatic nitrogens is 5. The standard InChI is InChI=1S/C18H28ClN6O7P/c1-18(9-30-2,33(27,28)29)31-8-12-11(26)7-13(32-12)25-16-14(23-24-25)15(21-17(19)22-16)20-10-5-3-4-6-10/h10-13,26H,3-9H2,1-2H3,(H,20,21,22)(H2,27,28,29)/t11-,12+,13+,18?/m0/s1. The van der Waals surface area contributed by atoms with Crippen LogP contribution in [-0.2, 0) is 18.8 Å². The minimum atomic E-state index is -4.65. The smallest absolute Gasteiger partial charge is 0.359 e. The maximum absolute atomic E-state index is 11.8. The molecule has 4 N–H and O–H groups in total. The molecule has 13 nitrogen and oxygen atoms in total. The van der Waals surface area contributed by atoms with Gasteiger partial charge >= 0.3 is 7.60 Å². The van der Waals surface area contributed by atoms with E-state index in [2.05, 4.69) is 25.6 Å². The maximum Gasteiger partial charge on any atom is 0.359 e. The lowest BCUT2D eigenvalue weighted by Gasteiger charge is -2.31. The monoisotopic (exact) mass is 506 g/mol. The Morgan fingerprint density at radius 2 is 2.06 bits per heavy atom. The molecule has 1 unspecified atom stereocenters. The van der Waals surface area contributed by atoms with Crippen LogP contribution in [0.5, 0.6) is 0 Å². The molecule has 2 aromatic rings. The summed E-state index contributed by atoms with van der Waals surface area (Å²) in [7, 11) is -3.34. The molecule has 2 fully saturated rings. The summed E-state index contributed by atoms with van der Waals surface area (Å²) in [5, 5.41) is 20.4. The summed E-state index contributed by atoms with van der Waals surface area (Å²) in [5.74, 6) is 0.499. The van der Waals surface area contributed by atoms with E-state index >= 15 is 0 Å². The quantitative estimate of drug-likeness (QED) is 0.285. The number of aliphatic hydroxyl groups is 1. The van der Waals surface area contributed by atoms with Crippen molar-refractivity contribution in [2.75, 3.05) is 25.6 Å². The van der Waals surface area contributed by atoms with Crippen molar-refractivity contribution in [3.05, 3.63) is 5.28 Å². The number of nitrogens with one attached hydrogen (secondary N) is 1. The van der Waals surface area contributed by atoms with Gasteiger partial charge in [-0.3, -0.25) is 4.57 Å². The van der Waals surface area contributed by atoms with E-state index in [1.165, 1.54) is 18.7 Å². The molecule has 1 saturated carbocycles. The fraction of sp³-hybridized carbons (Fsp3) is 0.778. The van der Waals surface area contributed by atoms with E-state index in [4.69, 9.17) is 25.8 Å². The minimum Gasteiger partial charge on any atom is -0.390 e. The van der Waals surface area contributed by atoms with E-state index in [1.807, 2.05) is 0 Å².